The number of benzene rings is 8. The second kappa shape index (κ2) is 13.0. The number of hydrogen-bond donors (Lipinski definition) is 0. The zero-order valence-corrected chi connectivity index (χ0v) is 33.4. The van der Waals surface area contributed by atoms with Crippen molar-refractivity contribution in [2.24, 2.45) is 0 Å². The van der Waals surface area contributed by atoms with E-state index in [1.54, 1.807) is 12.4 Å². The van der Waals surface area contributed by atoms with Crippen molar-refractivity contribution in [2.45, 2.75) is 24.7 Å². The predicted molar refractivity (Wildman–Crippen MR) is 244 cm³/mol. The number of fused-ring (bicyclic) bond motifs is 14. The minimum absolute atomic E-state index is 0.614. The van der Waals surface area contributed by atoms with E-state index in [0.29, 0.717) is 0 Å². The van der Waals surface area contributed by atoms with Gasteiger partial charge in [-0.3, -0.25) is 0 Å². The number of aromatic nitrogens is 2. The summed E-state index contributed by atoms with van der Waals surface area (Å²) in [6, 6.07) is 72.3. The van der Waals surface area contributed by atoms with Gasteiger partial charge in [0.25, 0.3) is 0 Å². The highest BCUT2D eigenvalue weighted by Gasteiger charge is 2.59. The van der Waals surface area contributed by atoms with Gasteiger partial charge in [-0.1, -0.05) is 139 Å². The maximum absolute atomic E-state index is 4.54. The van der Waals surface area contributed by atoms with Crippen molar-refractivity contribution in [3.05, 3.63) is 262 Å². The summed E-state index contributed by atoms with van der Waals surface area (Å²) in [7, 11) is 0. The standard InChI is InChI=1S/C56H40N4/c1-37-25-31-52-48(35-37)56(49-36-38(2)26-32-53(49)60(52)41-29-27-39(28-30-41)54-57-33-14-34-58-54)44-19-8-6-17-42(44)55(43-18-7-9-20-45(43)56)46-21-10-12-23-50(46)59(40-15-4-3-5-16-40)51-24-13-11-22-47(51)55/h3-36H,1-2H3. The molecule has 4 heteroatoms. The molecule has 0 N–H and O–H groups in total. The molecule has 0 fully saturated rings. The molecule has 3 aliphatic rings. The minimum atomic E-state index is -0.643. The fourth-order valence-corrected chi connectivity index (χ4v) is 10.9. The molecule has 0 atom stereocenters. The quantitative estimate of drug-likeness (QED) is 0.179. The Balaban J connectivity index is 1.19. The summed E-state index contributed by atoms with van der Waals surface area (Å²) in [5, 5.41) is 0. The largest absolute Gasteiger partial charge is 0.310 e. The van der Waals surface area contributed by atoms with Crippen LogP contribution in [0.25, 0.3) is 11.4 Å². The average Bonchev–Trinajstić information content (AvgIpc) is 3.31. The number of para-hydroxylation sites is 3. The maximum Gasteiger partial charge on any atom is 0.159 e. The van der Waals surface area contributed by atoms with E-state index in [-0.39, 0.29) is 0 Å². The van der Waals surface area contributed by atoms with Crippen LogP contribution in [0.2, 0.25) is 0 Å². The van der Waals surface area contributed by atoms with Crippen molar-refractivity contribution in [3.8, 4) is 11.4 Å². The summed E-state index contributed by atoms with van der Waals surface area (Å²) in [5.41, 5.74) is 19.4. The summed E-state index contributed by atoms with van der Waals surface area (Å²) in [5.74, 6) is 0.718. The molecule has 0 amide bonds. The van der Waals surface area contributed by atoms with Crippen LogP contribution < -0.4 is 9.80 Å². The monoisotopic (exact) mass is 768 g/mol. The van der Waals surface area contributed by atoms with Gasteiger partial charge in [-0.2, -0.15) is 0 Å². The van der Waals surface area contributed by atoms with Crippen LogP contribution in [0.5, 0.6) is 0 Å². The lowest BCUT2D eigenvalue weighted by molar-refractivity contribution is 0.607. The second-order valence-corrected chi connectivity index (χ2v) is 16.3. The Labute approximate surface area is 350 Å². The molecule has 60 heavy (non-hydrogen) atoms. The maximum atomic E-state index is 4.54. The van der Waals surface area contributed by atoms with Crippen molar-refractivity contribution in [1.82, 2.24) is 9.97 Å². The van der Waals surface area contributed by atoms with Crippen LogP contribution in [-0.4, -0.2) is 9.97 Å². The number of nitrogens with zero attached hydrogens (tertiary/aromatic N) is 4. The number of hydrogen-bond acceptors (Lipinski definition) is 4. The van der Waals surface area contributed by atoms with Gasteiger partial charge in [0.15, 0.2) is 5.82 Å². The predicted octanol–water partition coefficient (Wildman–Crippen LogP) is 13.4. The average molecular weight is 769 g/mol. The highest BCUT2D eigenvalue weighted by Crippen LogP contribution is 2.68. The highest BCUT2D eigenvalue weighted by atomic mass is 15.2. The van der Waals surface area contributed by atoms with Crippen LogP contribution in [0, 0.1) is 13.8 Å². The van der Waals surface area contributed by atoms with Gasteiger partial charge in [-0.15, -0.1) is 0 Å². The van der Waals surface area contributed by atoms with Gasteiger partial charge in [0.2, 0.25) is 0 Å². The van der Waals surface area contributed by atoms with Crippen molar-refractivity contribution in [1.29, 1.82) is 0 Å². The first kappa shape index (κ1) is 34.5. The topological polar surface area (TPSA) is 32.3 Å². The molecule has 0 saturated heterocycles. The van der Waals surface area contributed by atoms with Crippen LogP contribution in [0.3, 0.4) is 0 Å². The van der Waals surface area contributed by atoms with Crippen LogP contribution >= 0.6 is 0 Å². The summed E-state index contributed by atoms with van der Waals surface area (Å²) < 4.78 is 0. The second-order valence-electron chi connectivity index (χ2n) is 16.3. The SMILES string of the molecule is Cc1ccc2c(c1)C1(c3cc(C)ccc3N2c2ccc(-c3ncccn3)cc2)c2ccccc2C2(c3ccccc3N(c3ccccc3)c3ccccc32)c2ccccc21. The van der Waals surface area contributed by atoms with Gasteiger partial charge in [0.05, 0.1) is 33.6 Å². The molecule has 284 valence electrons. The number of rotatable bonds is 3. The first-order chi connectivity index (χ1) is 29.6. The number of aryl methyl sites for hydroxylation is 2. The van der Waals surface area contributed by atoms with Crippen molar-refractivity contribution in [2.75, 3.05) is 9.80 Å². The molecule has 0 radical (unpaired) electrons. The first-order valence-electron chi connectivity index (χ1n) is 20.7. The molecule has 4 nitrogen and oxygen atoms in total. The fraction of sp³-hybridized carbons (Fsp3) is 0.0714. The minimum Gasteiger partial charge on any atom is -0.310 e. The molecule has 8 aromatic carbocycles. The van der Waals surface area contributed by atoms with E-state index < -0.39 is 10.8 Å². The normalized spacial score (nSPS) is 14.7. The first-order valence-corrected chi connectivity index (χ1v) is 20.7. The molecule has 1 aliphatic carbocycles. The van der Waals surface area contributed by atoms with Crippen LogP contribution in [0.15, 0.2) is 207 Å². The van der Waals surface area contributed by atoms with Gasteiger partial charge in [-0.25, -0.2) is 9.97 Å². The van der Waals surface area contributed by atoms with Gasteiger partial charge in [-0.05, 0) is 125 Å². The Morgan fingerprint density at radius 1 is 0.333 bits per heavy atom. The zero-order chi connectivity index (χ0) is 40.0. The third kappa shape index (κ3) is 4.56. The third-order valence-corrected chi connectivity index (χ3v) is 13.1. The molecular weight excluding hydrogens is 729 g/mol. The summed E-state index contributed by atoms with van der Waals surface area (Å²) in [6.45, 7) is 4.46. The Kier molecular flexibility index (Phi) is 7.45. The van der Waals surface area contributed by atoms with Gasteiger partial charge < -0.3 is 9.80 Å². The van der Waals surface area contributed by atoms with E-state index in [1.165, 1.54) is 78.4 Å². The van der Waals surface area contributed by atoms with E-state index >= 15 is 0 Å². The van der Waals surface area contributed by atoms with Crippen LogP contribution in [0.1, 0.15) is 55.6 Å². The van der Waals surface area contributed by atoms with E-state index in [1.807, 2.05) is 6.07 Å². The van der Waals surface area contributed by atoms with E-state index in [0.717, 1.165) is 22.8 Å². The highest BCUT2D eigenvalue weighted by molar-refractivity contribution is 5.95. The lowest BCUT2D eigenvalue weighted by Gasteiger charge is -2.56. The van der Waals surface area contributed by atoms with E-state index in [4.69, 9.17) is 0 Å². The summed E-state index contributed by atoms with van der Waals surface area (Å²) >= 11 is 0. The molecular formula is C56H40N4. The molecule has 0 unspecified atom stereocenters. The molecule has 9 aromatic rings. The Bertz CT molecular complexity index is 2980. The van der Waals surface area contributed by atoms with Gasteiger partial charge >= 0.3 is 0 Å². The lowest BCUT2D eigenvalue weighted by atomic mass is 9.49. The number of anilines is 6. The van der Waals surface area contributed by atoms with Crippen LogP contribution in [-0.2, 0) is 10.8 Å². The van der Waals surface area contributed by atoms with Crippen LogP contribution in [0.4, 0.5) is 34.1 Å². The lowest BCUT2D eigenvalue weighted by Crippen LogP contribution is -2.49. The molecule has 0 saturated carbocycles. The molecule has 2 aliphatic heterocycles. The van der Waals surface area contributed by atoms with Crippen molar-refractivity contribution < 1.29 is 0 Å². The Morgan fingerprint density at radius 2 is 0.717 bits per heavy atom. The van der Waals surface area contributed by atoms with Gasteiger partial charge in [0, 0.05) is 29.3 Å². The smallest absolute Gasteiger partial charge is 0.159 e. The molecule has 1 aromatic heterocycles. The molecule has 12 rings (SSSR count). The van der Waals surface area contributed by atoms with Gasteiger partial charge in [0.1, 0.15) is 0 Å². The summed E-state index contributed by atoms with van der Waals surface area (Å²) in [6.07, 6.45) is 3.59. The third-order valence-electron chi connectivity index (χ3n) is 13.1. The molecule has 2 spiro atoms. The van der Waals surface area contributed by atoms with E-state index in [9.17, 15) is 0 Å². The zero-order valence-electron chi connectivity index (χ0n) is 33.4. The fourth-order valence-electron chi connectivity index (χ4n) is 10.9. The Hall–Kier alpha value is -7.56. The van der Waals surface area contributed by atoms with E-state index in [2.05, 4.69) is 222 Å². The molecule has 0 bridgehead atoms. The molecule has 3 heterocycles. The summed E-state index contributed by atoms with van der Waals surface area (Å²) in [4.78, 5) is 14.0. The van der Waals surface area contributed by atoms with Crippen molar-refractivity contribution in [3.63, 3.8) is 0 Å². The van der Waals surface area contributed by atoms with Crippen molar-refractivity contribution >= 4 is 34.1 Å². The Morgan fingerprint density at radius 3 is 1.20 bits per heavy atom.